The van der Waals surface area contributed by atoms with Crippen LogP contribution < -0.4 is 4.90 Å². The molecule has 4 heteroatoms. The molecule has 0 fully saturated rings. The smallest absolute Gasteiger partial charge is 0.182 e. The van der Waals surface area contributed by atoms with Gasteiger partial charge < -0.3 is 4.90 Å². The van der Waals surface area contributed by atoms with Gasteiger partial charge in [-0.2, -0.15) is 0 Å². The van der Waals surface area contributed by atoms with Gasteiger partial charge in [0.05, 0.1) is 6.54 Å². The van der Waals surface area contributed by atoms with Crippen molar-refractivity contribution in [2.75, 3.05) is 18.0 Å². The molecule has 0 bridgehead atoms. The minimum atomic E-state index is -0.286. The van der Waals surface area contributed by atoms with E-state index in [2.05, 4.69) is 0 Å². The summed E-state index contributed by atoms with van der Waals surface area (Å²) in [4.78, 5) is 14.1. The Labute approximate surface area is 122 Å². The number of hydrogen-bond donors (Lipinski definition) is 0. The summed E-state index contributed by atoms with van der Waals surface area (Å²) in [6.07, 6.45) is 0. The fraction of sp³-hybridized carbons (Fsp3) is 0.188. The molecule has 0 saturated carbocycles. The van der Waals surface area contributed by atoms with Crippen molar-refractivity contribution in [2.45, 2.75) is 6.92 Å². The van der Waals surface area contributed by atoms with Gasteiger partial charge in [0.1, 0.15) is 5.82 Å². The van der Waals surface area contributed by atoms with E-state index in [1.54, 1.807) is 36.4 Å². The number of nitrogens with zero attached hydrogens (tertiary/aromatic N) is 1. The van der Waals surface area contributed by atoms with Crippen LogP contribution >= 0.6 is 11.6 Å². The van der Waals surface area contributed by atoms with Crippen molar-refractivity contribution >= 4 is 23.1 Å². The van der Waals surface area contributed by atoms with Crippen molar-refractivity contribution in [3.63, 3.8) is 0 Å². The van der Waals surface area contributed by atoms with Crippen LogP contribution in [0.15, 0.2) is 48.5 Å². The number of halogens is 2. The summed E-state index contributed by atoms with van der Waals surface area (Å²) in [5, 5.41) is 0.542. The highest BCUT2D eigenvalue weighted by molar-refractivity contribution is 6.31. The Morgan fingerprint density at radius 2 is 1.90 bits per heavy atom. The molecule has 0 aliphatic carbocycles. The van der Waals surface area contributed by atoms with Gasteiger partial charge in [-0.05, 0) is 43.3 Å². The summed E-state index contributed by atoms with van der Waals surface area (Å²) in [5.41, 5.74) is 1.40. The number of benzene rings is 2. The molecule has 0 aliphatic rings. The molecule has 2 aromatic rings. The molecule has 0 radical (unpaired) electrons. The molecule has 0 spiro atoms. The number of Topliss-reactive ketones (excluding diaryl/α,β-unsaturated/α-hetero) is 1. The number of likely N-dealkylation sites (N-methyl/N-ethyl adjacent to an activating group) is 1. The van der Waals surface area contributed by atoms with Crippen LogP contribution in [0.5, 0.6) is 0 Å². The van der Waals surface area contributed by atoms with E-state index in [4.69, 9.17) is 11.6 Å². The van der Waals surface area contributed by atoms with E-state index in [-0.39, 0.29) is 18.1 Å². The van der Waals surface area contributed by atoms with Crippen LogP contribution in [0.4, 0.5) is 10.1 Å². The number of carbonyl (C=O) groups excluding carboxylic acids is 1. The third-order valence-corrected chi connectivity index (χ3v) is 3.29. The van der Waals surface area contributed by atoms with E-state index in [1.165, 1.54) is 12.1 Å². The highest BCUT2D eigenvalue weighted by atomic mass is 35.5. The van der Waals surface area contributed by atoms with Gasteiger partial charge in [-0.1, -0.05) is 23.7 Å². The molecule has 2 nitrogen and oxygen atoms in total. The molecule has 0 N–H and O–H groups in total. The molecular formula is C16H15ClFNO. The average molecular weight is 292 g/mol. The summed E-state index contributed by atoms with van der Waals surface area (Å²) in [6.45, 7) is 2.86. The fourth-order valence-electron chi connectivity index (χ4n) is 1.96. The van der Waals surface area contributed by atoms with Crippen LogP contribution in [0.3, 0.4) is 0 Å². The largest absolute Gasteiger partial charge is 0.364 e. The lowest BCUT2D eigenvalue weighted by molar-refractivity contribution is 0.0999. The molecule has 0 saturated heterocycles. The Morgan fingerprint density at radius 3 is 2.50 bits per heavy atom. The minimum Gasteiger partial charge on any atom is -0.364 e. The van der Waals surface area contributed by atoms with Crippen LogP contribution in [0, 0.1) is 5.82 Å². The average Bonchev–Trinajstić information content (AvgIpc) is 2.45. The minimum absolute atomic E-state index is 0.0151. The van der Waals surface area contributed by atoms with E-state index in [0.29, 0.717) is 17.1 Å². The molecule has 0 heterocycles. The number of ketones is 1. The van der Waals surface area contributed by atoms with Crippen molar-refractivity contribution in [1.29, 1.82) is 0 Å². The Morgan fingerprint density at radius 1 is 1.20 bits per heavy atom. The highest BCUT2D eigenvalue weighted by Gasteiger charge is 2.12. The zero-order chi connectivity index (χ0) is 14.5. The van der Waals surface area contributed by atoms with E-state index in [1.807, 2.05) is 11.8 Å². The van der Waals surface area contributed by atoms with Gasteiger partial charge in [-0.15, -0.1) is 0 Å². The van der Waals surface area contributed by atoms with Crippen LogP contribution in [0.1, 0.15) is 17.3 Å². The molecule has 104 valence electrons. The monoisotopic (exact) mass is 291 g/mol. The summed E-state index contributed by atoms with van der Waals surface area (Å²) in [6, 6.07) is 13.0. The first kappa shape index (κ1) is 14.5. The second kappa shape index (κ2) is 6.53. The highest BCUT2D eigenvalue weighted by Crippen LogP contribution is 2.16. The number of anilines is 1. The van der Waals surface area contributed by atoms with Gasteiger partial charge in [0, 0.05) is 22.8 Å². The Hall–Kier alpha value is -1.87. The summed E-state index contributed by atoms with van der Waals surface area (Å²) < 4.78 is 12.9. The first-order valence-corrected chi connectivity index (χ1v) is 6.77. The third kappa shape index (κ3) is 3.58. The molecule has 2 rings (SSSR count). The predicted molar refractivity (Wildman–Crippen MR) is 80.1 cm³/mol. The van der Waals surface area contributed by atoms with Gasteiger partial charge in [-0.3, -0.25) is 4.79 Å². The third-order valence-electron chi connectivity index (χ3n) is 3.05. The lowest BCUT2D eigenvalue weighted by Crippen LogP contribution is -2.29. The predicted octanol–water partition coefficient (Wildman–Crippen LogP) is 4.19. The van der Waals surface area contributed by atoms with E-state index >= 15 is 0 Å². The maximum atomic E-state index is 12.9. The Balaban J connectivity index is 2.14. The molecule has 0 unspecified atom stereocenters. The van der Waals surface area contributed by atoms with Crippen LogP contribution in [0.2, 0.25) is 5.02 Å². The first-order chi connectivity index (χ1) is 9.60. The quantitative estimate of drug-likeness (QED) is 0.770. The van der Waals surface area contributed by atoms with Crippen LogP contribution in [-0.4, -0.2) is 18.9 Å². The summed E-state index contributed by atoms with van der Waals surface area (Å²) >= 11 is 5.89. The molecule has 0 aromatic heterocycles. The van der Waals surface area contributed by atoms with Gasteiger partial charge in [0.25, 0.3) is 0 Å². The van der Waals surface area contributed by atoms with Crippen molar-refractivity contribution < 1.29 is 9.18 Å². The Bertz CT molecular complexity index is 598. The fourth-order valence-corrected chi connectivity index (χ4v) is 2.15. The molecule has 20 heavy (non-hydrogen) atoms. The molecule has 0 amide bonds. The van der Waals surface area contributed by atoms with Gasteiger partial charge >= 0.3 is 0 Å². The summed E-state index contributed by atoms with van der Waals surface area (Å²) in [5.74, 6) is -0.301. The molecular weight excluding hydrogens is 277 g/mol. The maximum absolute atomic E-state index is 12.9. The number of rotatable bonds is 5. The van der Waals surface area contributed by atoms with Crippen molar-refractivity contribution in [2.24, 2.45) is 0 Å². The zero-order valence-electron chi connectivity index (χ0n) is 11.1. The molecule has 2 aromatic carbocycles. The lowest BCUT2D eigenvalue weighted by Gasteiger charge is -2.22. The zero-order valence-corrected chi connectivity index (χ0v) is 11.9. The van der Waals surface area contributed by atoms with Crippen molar-refractivity contribution in [1.82, 2.24) is 0 Å². The van der Waals surface area contributed by atoms with Gasteiger partial charge in [0.2, 0.25) is 0 Å². The first-order valence-electron chi connectivity index (χ1n) is 6.39. The van der Waals surface area contributed by atoms with Crippen LogP contribution in [0.25, 0.3) is 0 Å². The number of carbonyl (C=O) groups is 1. The summed E-state index contributed by atoms with van der Waals surface area (Å²) in [7, 11) is 0. The normalized spacial score (nSPS) is 10.3. The lowest BCUT2D eigenvalue weighted by atomic mass is 10.1. The van der Waals surface area contributed by atoms with E-state index < -0.39 is 0 Å². The van der Waals surface area contributed by atoms with Crippen molar-refractivity contribution in [3.05, 3.63) is 64.9 Å². The van der Waals surface area contributed by atoms with Gasteiger partial charge in [-0.25, -0.2) is 4.39 Å². The van der Waals surface area contributed by atoms with Crippen LogP contribution in [-0.2, 0) is 0 Å². The SMILES string of the molecule is CCN(CC(=O)c1cccc(Cl)c1)c1ccc(F)cc1. The standard InChI is InChI=1S/C16H15ClFNO/c1-2-19(15-8-6-14(18)7-9-15)11-16(20)12-4-3-5-13(17)10-12/h3-10H,2,11H2,1H3. The molecule has 0 aliphatic heterocycles. The topological polar surface area (TPSA) is 20.3 Å². The van der Waals surface area contributed by atoms with E-state index in [0.717, 1.165) is 5.69 Å². The second-order valence-electron chi connectivity index (χ2n) is 4.42. The molecule has 0 atom stereocenters. The van der Waals surface area contributed by atoms with Crippen molar-refractivity contribution in [3.8, 4) is 0 Å². The van der Waals surface area contributed by atoms with E-state index in [9.17, 15) is 9.18 Å². The Kier molecular flexibility index (Phi) is 4.74. The maximum Gasteiger partial charge on any atom is 0.182 e. The van der Waals surface area contributed by atoms with Gasteiger partial charge in [0.15, 0.2) is 5.78 Å². The second-order valence-corrected chi connectivity index (χ2v) is 4.86. The number of hydrogen-bond acceptors (Lipinski definition) is 2.